The van der Waals surface area contributed by atoms with E-state index in [1.165, 1.54) is 5.56 Å². The summed E-state index contributed by atoms with van der Waals surface area (Å²) < 4.78 is 5.25. The molecule has 2 nitrogen and oxygen atoms in total. The number of ether oxygens (including phenoxy) is 1. The van der Waals surface area contributed by atoms with E-state index in [9.17, 15) is 0 Å². The molecule has 0 spiro atoms. The van der Waals surface area contributed by atoms with Crippen LogP contribution in [0, 0.1) is 17.8 Å². The minimum Gasteiger partial charge on any atom is -0.495 e. The number of aliphatic hydroxyl groups excluding tert-OH is 1. The molecule has 0 aliphatic heterocycles. The Morgan fingerprint density at radius 3 is 2.78 bits per heavy atom. The van der Waals surface area contributed by atoms with Gasteiger partial charge in [0.05, 0.1) is 12.7 Å². The molecule has 0 fully saturated rings. The topological polar surface area (TPSA) is 29.5 Å². The van der Waals surface area contributed by atoms with E-state index in [1.807, 2.05) is 23.9 Å². The summed E-state index contributed by atoms with van der Waals surface area (Å²) in [6.45, 7) is 4.31. The molecular weight excluding hydrogens is 244 g/mol. The number of hydrogen-bond acceptors (Lipinski definition) is 3. The molecule has 0 aromatic heterocycles. The molecule has 0 aliphatic carbocycles. The molecular formula is C15H20O2S. The molecule has 1 rings (SSSR count). The minimum absolute atomic E-state index is 0.129. The van der Waals surface area contributed by atoms with Crippen molar-refractivity contribution in [3.63, 3.8) is 0 Å². The van der Waals surface area contributed by atoms with Gasteiger partial charge in [-0.15, -0.1) is 0 Å². The van der Waals surface area contributed by atoms with E-state index in [-0.39, 0.29) is 6.61 Å². The SMILES string of the molecule is COc1ccc(CSCC(C)C)cc1C#CCO. The Bertz CT molecular complexity index is 430. The first-order chi connectivity index (χ1) is 8.67. The lowest BCUT2D eigenvalue weighted by molar-refractivity contribution is 0.350. The Morgan fingerprint density at radius 2 is 2.17 bits per heavy atom. The van der Waals surface area contributed by atoms with Gasteiger partial charge >= 0.3 is 0 Å². The Balaban J connectivity index is 2.76. The molecule has 0 radical (unpaired) electrons. The van der Waals surface area contributed by atoms with Crippen LogP contribution in [0.4, 0.5) is 0 Å². The highest BCUT2D eigenvalue weighted by molar-refractivity contribution is 7.98. The van der Waals surface area contributed by atoms with Crippen LogP contribution in [0.15, 0.2) is 18.2 Å². The van der Waals surface area contributed by atoms with Crippen LogP contribution in [0.25, 0.3) is 0 Å². The number of aliphatic hydroxyl groups is 1. The maximum absolute atomic E-state index is 8.74. The van der Waals surface area contributed by atoms with E-state index in [0.717, 1.165) is 22.8 Å². The Kier molecular flexibility index (Phi) is 6.70. The van der Waals surface area contributed by atoms with Gasteiger partial charge < -0.3 is 9.84 Å². The van der Waals surface area contributed by atoms with E-state index >= 15 is 0 Å². The van der Waals surface area contributed by atoms with Gasteiger partial charge in [-0.2, -0.15) is 11.8 Å². The summed E-state index contributed by atoms with van der Waals surface area (Å²) in [4.78, 5) is 0. The second-order valence-corrected chi connectivity index (χ2v) is 5.43. The van der Waals surface area contributed by atoms with E-state index in [2.05, 4.69) is 31.8 Å². The molecule has 0 heterocycles. The molecule has 0 atom stereocenters. The molecule has 0 aliphatic rings. The Labute approximate surface area is 114 Å². The monoisotopic (exact) mass is 264 g/mol. The lowest BCUT2D eigenvalue weighted by Gasteiger charge is -2.08. The van der Waals surface area contributed by atoms with E-state index in [0.29, 0.717) is 5.92 Å². The maximum Gasteiger partial charge on any atom is 0.134 e. The summed E-state index contributed by atoms with van der Waals surface area (Å²) >= 11 is 1.92. The van der Waals surface area contributed by atoms with Crippen molar-refractivity contribution < 1.29 is 9.84 Å². The van der Waals surface area contributed by atoms with Gasteiger partial charge in [0.1, 0.15) is 12.4 Å². The Hall–Kier alpha value is -1.11. The van der Waals surface area contributed by atoms with E-state index in [4.69, 9.17) is 9.84 Å². The first-order valence-corrected chi connectivity index (χ1v) is 7.17. The molecule has 1 aromatic carbocycles. The number of benzene rings is 1. The molecule has 0 amide bonds. The molecule has 98 valence electrons. The Morgan fingerprint density at radius 1 is 1.39 bits per heavy atom. The quantitative estimate of drug-likeness (QED) is 0.829. The smallest absolute Gasteiger partial charge is 0.134 e. The zero-order valence-corrected chi connectivity index (χ0v) is 12.0. The van der Waals surface area contributed by atoms with Crippen molar-refractivity contribution in [2.24, 2.45) is 5.92 Å². The fourth-order valence-electron chi connectivity index (χ4n) is 1.49. The first kappa shape index (κ1) is 14.9. The van der Waals surface area contributed by atoms with Crippen molar-refractivity contribution in [1.82, 2.24) is 0 Å². The minimum atomic E-state index is -0.129. The van der Waals surface area contributed by atoms with Crippen molar-refractivity contribution in [2.45, 2.75) is 19.6 Å². The molecule has 1 N–H and O–H groups in total. The number of thioether (sulfide) groups is 1. The summed E-state index contributed by atoms with van der Waals surface area (Å²) in [7, 11) is 1.63. The third-order valence-electron chi connectivity index (χ3n) is 2.29. The number of methoxy groups -OCH3 is 1. The lowest BCUT2D eigenvalue weighted by atomic mass is 10.1. The van der Waals surface area contributed by atoms with E-state index in [1.54, 1.807) is 7.11 Å². The summed E-state index contributed by atoms with van der Waals surface area (Å²) in [6, 6.07) is 6.04. The highest BCUT2D eigenvalue weighted by Gasteiger charge is 2.03. The van der Waals surface area contributed by atoms with Crippen molar-refractivity contribution in [1.29, 1.82) is 0 Å². The van der Waals surface area contributed by atoms with Crippen LogP contribution in [0.3, 0.4) is 0 Å². The van der Waals surface area contributed by atoms with Crippen LogP contribution in [0.1, 0.15) is 25.0 Å². The van der Waals surface area contributed by atoms with Gasteiger partial charge in [-0.1, -0.05) is 31.8 Å². The van der Waals surface area contributed by atoms with Crippen molar-refractivity contribution in [2.75, 3.05) is 19.5 Å². The predicted molar refractivity (Wildman–Crippen MR) is 78.0 cm³/mol. The van der Waals surface area contributed by atoms with Crippen LogP contribution in [0.5, 0.6) is 5.75 Å². The van der Waals surface area contributed by atoms with Crippen LogP contribution >= 0.6 is 11.8 Å². The summed E-state index contributed by atoms with van der Waals surface area (Å²) in [5.74, 6) is 9.19. The largest absolute Gasteiger partial charge is 0.495 e. The number of hydrogen-bond donors (Lipinski definition) is 1. The molecule has 3 heteroatoms. The van der Waals surface area contributed by atoms with Gasteiger partial charge in [-0.25, -0.2) is 0 Å². The number of rotatable bonds is 5. The summed E-state index contributed by atoms with van der Waals surface area (Å²) in [5, 5.41) is 8.74. The standard InChI is InChI=1S/C15H20O2S/c1-12(2)10-18-11-13-6-7-15(17-3)14(9-13)5-4-8-16/h6-7,9,12,16H,8,10-11H2,1-3H3. The normalized spacial score (nSPS) is 10.1. The van der Waals surface area contributed by atoms with E-state index < -0.39 is 0 Å². The summed E-state index contributed by atoms with van der Waals surface area (Å²) in [6.07, 6.45) is 0. The molecule has 1 aromatic rings. The molecule has 18 heavy (non-hydrogen) atoms. The second-order valence-electron chi connectivity index (χ2n) is 4.40. The van der Waals surface area contributed by atoms with Gasteiger partial charge in [0.2, 0.25) is 0 Å². The third kappa shape index (κ3) is 5.03. The molecule has 0 unspecified atom stereocenters. The second kappa shape index (κ2) is 8.07. The lowest BCUT2D eigenvalue weighted by Crippen LogP contribution is -1.93. The van der Waals surface area contributed by atoms with Crippen LogP contribution in [0.2, 0.25) is 0 Å². The highest BCUT2D eigenvalue weighted by atomic mass is 32.2. The first-order valence-electron chi connectivity index (χ1n) is 6.01. The van der Waals surface area contributed by atoms with Crippen molar-refractivity contribution in [3.8, 4) is 17.6 Å². The summed E-state index contributed by atoms with van der Waals surface area (Å²) in [5.41, 5.74) is 2.08. The maximum atomic E-state index is 8.74. The van der Waals surface area contributed by atoms with Crippen molar-refractivity contribution in [3.05, 3.63) is 29.3 Å². The molecule has 0 saturated carbocycles. The van der Waals surface area contributed by atoms with Crippen LogP contribution in [-0.2, 0) is 5.75 Å². The highest BCUT2D eigenvalue weighted by Crippen LogP contribution is 2.22. The van der Waals surface area contributed by atoms with Gasteiger partial charge in [-0.05, 0) is 29.4 Å². The fraction of sp³-hybridized carbons (Fsp3) is 0.467. The zero-order valence-electron chi connectivity index (χ0n) is 11.2. The van der Waals surface area contributed by atoms with Crippen LogP contribution < -0.4 is 4.74 Å². The van der Waals surface area contributed by atoms with Gasteiger partial charge in [0, 0.05) is 5.75 Å². The van der Waals surface area contributed by atoms with Gasteiger partial charge in [-0.3, -0.25) is 0 Å². The third-order valence-corrected chi connectivity index (χ3v) is 3.73. The van der Waals surface area contributed by atoms with Crippen molar-refractivity contribution >= 4 is 11.8 Å². The average Bonchev–Trinajstić information content (AvgIpc) is 2.36. The average molecular weight is 264 g/mol. The van der Waals surface area contributed by atoms with Gasteiger partial charge in [0.15, 0.2) is 0 Å². The molecule has 0 saturated heterocycles. The van der Waals surface area contributed by atoms with Crippen LogP contribution in [-0.4, -0.2) is 24.6 Å². The fourth-order valence-corrected chi connectivity index (χ4v) is 2.49. The molecule has 0 bridgehead atoms. The zero-order chi connectivity index (χ0) is 13.4. The van der Waals surface area contributed by atoms with Gasteiger partial charge in [0.25, 0.3) is 0 Å². The predicted octanol–water partition coefficient (Wildman–Crippen LogP) is 2.93.